The van der Waals surface area contributed by atoms with Crippen LogP contribution in [0, 0.1) is 0 Å². The van der Waals surface area contributed by atoms with E-state index >= 15 is 0 Å². The zero-order valence-electron chi connectivity index (χ0n) is 36.9. The van der Waals surface area contributed by atoms with Gasteiger partial charge in [0.1, 0.15) is 29.7 Å². The molecule has 0 radical (unpaired) electrons. The lowest BCUT2D eigenvalue weighted by Crippen LogP contribution is -2.48. The van der Waals surface area contributed by atoms with Crippen LogP contribution in [0.5, 0.6) is 0 Å². The highest BCUT2D eigenvalue weighted by atomic mass is 15.2. The van der Waals surface area contributed by atoms with Gasteiger partial charge in [-0.25, -0.2) is 15.0 Å². The first-order chi connectivity index (χ1) is 33.7. The standard InChI is InChI=1S/C60H44N8/c1-5-19-39(20-6-1)43-37-50(40-21-7-2-8-22-40)61-51(38-43)48-29-17-33-54(62-48)67-52-31-15-13-27-44(52)46-35-36-47-45-28-14-16-32-53(45)68(57(47)56(46)67)55-34-18-30-49(63-55)60-65-58(41-23-9-3-10-24-41)64-59(66-60)42-25-11-4-12-26-42/h1-38,49,54,58,62-63H,(H,64,65,66). The third kappa shape index (κ3) is 6.81. The summed E-state index contributed by atoms with van der Waals surface area (Å²) in [5.74, 6) is 2.53. The maximum Gasteiger partial charge on any atom is 0.169 e. The predicted octanol–water partition coefficient (Wildman–Crippen LogP) is 12.8. The second-order valence-corrected chi connectivity index (χ2v) is 17.3. The van der Waals surface area contributed by atoms with E-state index < -0.39 is 6.17 Å². The number of nitrogens with zero attached hydrogens (tertiary/aromatic N) is 5. The van der Waals surface area contributed by atoms with E-state index in [2.05, 4.69) is 213 Å². The number of amidine groups is 2. The van der Waals surface area contributed by atoms with Crippen molar-refractivity contribution in [1.82, 2.24) is 30.1 Å². The van der Waals surface area contributed by atoms with E-state index in [9.17, 15) is 0 Å². The highest BCUT2D eigenvalue weighted by Crippen LogP contribution is 2.42. The number of nitrogens with one attached hydrogen (secondary N) is 3. The van der Waals surface area contributed by atoms with Gasteiger partial charge in [0.15, 0.2) is 6.17 Å². The van der Waals surface area contributed by atoms with Crippen LogP contribution in [0.15, 0.2) is 241 Å². The third-order valence-electron chi connectivity index (χ3n) is 13.2. The largest absolute Gasteiger partial charge is 0.360 e. The van der Waals surface area contributed by atoms with Gasteiger partial charge in [0.25, 0.3) is 0 Å². The zero-order valence-corrected chi connectivity index (χ0v) is 36.9. The minimum atomic E-state index is -0.397. The summed E-state index contributed by atoms with van der Waals surface area (Å²) in [7, 11) is 0. The molecule has 3 aliphatic rings. The Balaban J connectivity index is 0.942. The van der Waals surface area contributed by atoms with Crippen molar-refractivity contribution >= 4 is 66.8 Å². The van der Waals surface area contributed by atoms with Gasteiger partial charge in [0, 0.05) is 32.7 Å². The Labute approximate surface area is 393 Å². The van der Waals surface area contributed by atoms with E-state index in [1.54, 1.807) is 0 Å². The first kappa shape index (κ1) is 39.4. The first-order valence-corrected chi connectivity index (χ1v) is 23.1. The molecule has 13 rings (SSSR count). The molecule has 8 heteroatoms. The number of pyridine rings is 1. The minimum absolute atomic E-state index is 0.246. The molecule has 6 heterocycles. The summed E-state index contributed by atoms with van der Waals surface area (Å²) in [6.45, 7) is 0. The van der Waals surface area contributed by atoms with Crippen molar-refractivity contribution in [3.63, 3.8) is 0 Å². The summed E-state index contributed by atoms with van der Waals surface area (Å²) in [4.78, 5) is 15.7. The molecule has 10 aromatic rings. The molecule has 7 aromatic carbocycles. The van der Waals surface area contributed by atoms with Crippen molar-refractivity contribution in [3.8, 4) is 22.4 Å². The molecule has 0 aliphatic carbocycles. The number of benzene rings is 7. The van der Waals surface area contributed by atoms with Gasteiger partial charge in [0.05, 0.1) is 39.2 Å². The van der Waals surface area contributed by atoms with E-state index in [1.165, 1.54) is 21.5 Å². The molecule has 3 aliphatic heterocycles. The number of dihydropyridines is 2. The Morgan fingerprint density at radius 3 is 1.81 bits per heavy atom. The lowest BCUT2D eigenvalue weighted by atomic mass is 10.0. The van der Waals surface area contributed by atoms with Crippen LogP contribution in [0.4, 0.5) is 0 Å². The van der Waals surface area contributed by atoms with Crippen LogP contribution in [0.25, 0.3) is 77.5 Å². The summed E-state index contributed by atoms with van der Waals surface area (Å²) >= 11 is 0. The van der Waals surface area contributed by atoms with Gasteiger partial charge >= 0.3 is 0 Å². The molecule has 324 valence electrons. The van der Waals surface area contributed by atoms with Crippen LogP contribution in [0.2, 0.25) is 0 Å². The SMILES string of the molecule is C1=CC(C2=NC(c3ccccc3)N=C(c3ccccc3)N2)NC(n2c3ccccc3c3ccc4c5ccccc5n(C5C=CC=C(c6cc(-c7ccccc7)cc(-c7ccccc7)n6)N5)c4c32)=C1. The Morgan fingerprint density at radius 2 is 1.06 bits per heavy atom. The van der Waals surface area contributed by atoms with Gasteiger partial charge in [-0.2, -0.15) is 0 Å². The van der Waals surface area contributed by atoms with Crippen molar-refractivity contribution in [2.75, 3.05) is 0 Å². The smallest absolute Gasteiger partial charge is 0.169 e. The second kappa shape index (κ2) is 16.5. The van der Waals surface area contributed by atoms with Crippen LogP contribution in [-0.4, -0.2) is 31.8 Å². The second-order valence-electron chi connectivity index (χ2n) is 17.3. The molecule has 0 saturated carbocycles. The van der Waals surface area contributed by atoms with E-state index in [0.717, 1.165) is 84.5 Å². The number of allylic oxidation sites excluding steroid dienone is 4. The molecule has 0 spiro atoms. The predicted molar refractivity (Wildman–Crippen MR) is 280 cm³/mol. The van der Waals surface area contributed by atoms with Gasteiger partial charge in [-0.1, -0.05) is 188 Å². The number of aromatic nitrogens is 3. The fourth-order valence-electron chi connectivity index (χ4n) is 10.1. The molecule has 3 atom stereocenters. The first-order valence-electron chi connectivity index (χ1n) is 23.1. The maximum atomic E-state index is 5.31. The lowest BCUT2D eigenvalue weighted by molar-refractivity contribution is 0.588. The fourth-order valence-corrected chi connectivity index (χ4v) is 10.1. The molecular weight excluding hydrogens is 833 g/mol. The van der Waals surface area contributed by atoms with Gasteiger partial charge in [-0.05, 0) is 59.2 Å². The summed E-state index contributed by atoms with van der Waals surface area (Å²) in [5, 5.41) is 16.3. The van der Waals surface area contributed by atoms with Crippen LogP contribution >= 0.6 is 0 Å². The molecule has 3 N–H and O–H groups in total. The molecule has 0 bridgehead atoms. The van der Waals surface area contributed by atoms with Crippen LogP contribution in [-0.2, 0) is 0 Å². The van der Waals surface area contributed by atoms with Gasteiger partial charge < -0.3 is 20.5 Å². The van der Waals surface area contributed by atoms with Crippen molar-refractivity contribution < 1.29 is 0 Å². The molecule has 8 nitrogen and oxygen atoms in total. The third-order valence-corrected chi connectivity index (χ3v) is 13.2. The number of hydrogen-bond acceptors (Lipinski definition) is 6. The molecule has 3 unspecified atom stereocenters. The summed E-state index contributed by atoms with van der Waals surface area (Å²) < 4.78 is 4.88. The number of hydrogen-bond donors (Lipinski definition) is 3. The van der Waals surface area contributed by atoms with E-state index in [4.69, 9.17) is 15.0 Å². The number of fused-ring (bicyclic) bond motifs is 7. The Bertz CT molecular complexity index is 3710. The van der Waals surface area contributed by atoms with Gasteiger partial charge in [0.2, 0.25) is 0 Å². The molecule has 0 fully saturated rings. The summed E-state index contributed by atoms with van der Waals surface area (Å²) in [6.07, 6.45) is 12.4. The molecule has 0 saturated heterocycles. The molecular formula is C60H44N8. The van der Waals surface area contributed by atoms with Crippen LogP contribution in [0.1, 0.15) is 29.2 Å². The maximum absolute atomic E-state index is 5.31. The van der Waals surface area contributed by atoms with Crippen molar-refractivity contribution in [3.05, 3.63) is 247 Å². The van der Waals surface area contributed by atoms with E-state index in [-0.39, 0.29) is 12.2 Å². The lowest BCUT2D eigenvalue weighted by Gasteiger charge is -2.29. The number of para-hydroxylation sites is 2. The average Bonchev–Trinajstić information content (AvgIpc) is 3.95. The van der Waals surface area contributed by atoms with Crippen molar-refractivity contribution in [1.29, 1.82) is 0 Å². The van der Waals surface area contributed by atoms with E-state index in [0.29, 0.717) is 0 Å². The Hall–Kier alpha value is -9.01. The highest BCUT2D eigenvalue weighted by Gasteiger charge is 2.29. The monoisotopic (exact) mass is 876 g/mol. The Morgan fingerprint density at radius 1 is 0.456 bits per heavy atom. The fraction of sp³-hybridized carbons (Fsp3) is 0.0500. The molecule has 68 heavy (non-hydrogen) atoms. The normalized spacial score (nSPS) is 17.9. The topological polar surface area (TPSA) is 83.6 Å². The molecule has 0 amide bonds. The summed E-state index contributed by atoms with van der Waals surface area (Å²) in [6, 6.07) is 67.8. The Kier molecular flexibility index (Phi) is 9.52. The summed E-state index contributed by atoms with van der Waals surface area (Å²) in [5.41, 5.74) is 12.6. The number of rotatable bonds is 8. The zero-order chi connectivity index (χ0) is 45.0. The number of aliphatic imine (C=N–C) groups is 2. The van der Waals surface area contributed by atoms with Crippen LogP contribution < -0.4 is 16.0 Å². The average molecular weight is 877 g/mol. The van der Waals surface area contributed by atoms with Crippen LogP contribution in [0.3, 0.4) is 0 Å². The van der Waals surface area contributed by atoms with Gasteiger partial charge in [-0.15, -0.1) is 0 Å². The minimum Gasteiger partial charge on any atom is -0.360 e. The van der Waals surface area contributed by atoms with E-state index in [1.807, 2.05) is 42.5 Å². The van der Waals surface area contributed by atoms with Crippen molar-refractivity contribution in [2.45, 2.75) is 18.4 Å². The highest BCUT2D eigenvalue weighted by molar-refractivity contribution is 6.24. The molecule has 3 aromatic heterocycles. The quantitative estimate of drug-likeness (QED) is 0.142. The van der Waals surface area contributed by atoms with Crippen molar-refractivity contribution in [2.24, 2.45) is 9.98 Å². The van der Waals surface area contributed by atoms with Gasteiger partial charge in [-0.3, -0.25) is 4.57 Å².